The second kappa shape index (κ2) is 6.63. The Bertz CT molecular complexity index is 314. The average molecular weight is 243 g/mol. The van der Waals surface area contributed by atoms with Crippen LogP contribution in [0.15, 0.2) is 29.2 Å². The lowest BCUT2D eigenvalue weighted by atomic mass is 10.3. The largest absolute Gasteiger partial charge is 0.481 e. The number of rotatable bonds is 6. The third kappa shape index (κ3) is 4.99. The maximum atomic E-state index is 10.3. The maximum absolute atomic E-state index is 10.3. The number of carboxylic acids is 1. The smallest absolute Gasteiger partial charge is 0.304 e. The van der Waals surface area contributed by atoms with Gasteiger partial charge in [-0.2, -0.15) is 0 Å². The summed E-state index contributed by atoms with van der Waals surface area (Å²) in [6, 6.07) is 8.04. The molecule has 0 saturated carbocycles. The SMILES string of the molecule is CNc1ccc(SSCCC(=O)O)cc1. The zero-order chi connectivity index (χ0) is 11.1. The molecule has 5 heteroatoms. The molecule has 1 aromatic rings. The van der Waals surface area contributed by atoms with Crippen LogP contribution in [-0.4, -0.2) is 23.9 Å². The van der Waals surface area contributed by atoms with Crippen LogP contribution >= 0.6 is 21.6 Å². The van der Waals surface area contributed by atoms with E-state index < -0.39 is 5.97 Å². The molecule has 0 amide bonds. The van der Waals surface area contributed by atoms with E-state index in [9.17, 15) is 4.79 Å². The van der Waals surface area contributed by atoms with E-state index in [4.69, 9.17) is 5.11 Å². The number of carboxylic acid groups (broad SMARTS) is 1. The number of hydrogen-bond acceptors (Lipinski definition) is 4. The highest BCUT2D eigenvalue weighted by molar-refractivity contribution is 8.76. The number of carbonyl (C=O) groups is 1. The molecule has 1 rings (SSSR count). The molecular weight excluding hydrogens is 230 g/mol. The fraction of sp³-hybridized carbons (Fsp3) is 0.300. The molecule has 2 N–H and O–H groups in total. The number of aliphatic carboxylic acids is 1. The quantitative estimate of drug-likeness (QED) is 0.594. The topological polar surface area (TPSA) is 49.3 Å². The predicted octanol–water partition coefficient (Wildman–Crippen LogP) is 2.94. The van der Waals surface area contributed by atoms with Gasteiger partial charge in [-0.15, -0.1) is 0 Å². The lowest BCUT2D eigenvalue weighted by molar-refractivity contribution is -0.136. The molecule has 1 aromatic carbocycles. The Morgan fingerprint density at radius 3 is 2.60 bits per heavy atom. The van der Waals surface area contributed by atoms with Crippen molar-refractivity contribution in [1.82, 2.24) is 0 Å². The number of anilines is 1. The van der Waals surface area contributed by atoms with Crippen LogP contribution in [0.4, 0.5) is 5.69 Å². The van der Waals surface area contributed by atoms with Gasteiger partial charge in [0.15, 0.2) is 0 Å². The summed E-state index contributed by atoms with van der Waals surface area (Å²) in [5.41, 5.74) is 1.08. The second-order valence-corrected chi connectivity index (χ2v) is 5.31. The van der Waals surface area contributed by atoms with E-state index in [0.29, 0.717) is 5.75 Å². The van der Waals surface area contributed by atoms with Crippen molar-refractivity contribution in [2.24, 2.45) is 0 Å². The molecule has 0 saturated heterocycles. The van der Waals surface area contributed by atoms with E-state index in [2.05, 4.69) is 5.32 Å². The third-order valence-electron chi connectivity index (χ3n) is 1.70. The van der Waals surface area contributed by atoms with Crippen molar-refractivity contribution < 1.29 is 9.90 Å². The predicted molar refractivity (Wildman–Crippen MR) is 66.6 cm³/mol. The Balaban J connectivity index is 2.28. The van der Waals surface area contributed by atoms with Crippen molar-refractivity contribution in [3.05, 3.63) is 24.3 Å². The van der Waals surface area contributed by atoms with Gasteiger partial charge in [-0.25, -0.2) is 0 Å². The molecule has 0 bridgehead atoms. The van der Waals surface area contributed by atoms with Crippen LogP contribution in [0.1, 0.15) is 6.42 Å². The summed E-state index contributed by atoms with van der Waals surface area (Å²) in [5.74, 6) is -0.109. The summed E-state index contributed by atoms with van der Waals surface area (Å²) in [6.45, 7) is 0. The minimum atomic E-state index is -0.742. The fourth-order valence-corrected chi connectivity index (χ4v) is 2.88. The Kier molecular flexibility index (Phi) is 5.42. The normalized spacial score (nSPS) is 9.93. The van der Waals surface area contributed by atoms with E-state index in [0.717, 1.165) is 10.6 Å². The summed E-state index contributed by atoms with van der Waals surface area (Å²) in [7, 11) is 5.05. The van der Waals surface area contributed by atoms with Gasteiger partial charge in [0.25, 0.3) is 0 Å². The Labute approximate surface area is 97.0 Å². The van der Waals surface area contributed by atoms with Gasteiger partial charge >= 0.3 is 5.97 Å². The van der Waals surface area contributed by atoms with Gasteiger partial charge < -0.3 is 10.4 Å². The average Bonchev–Trinajstić information content (AvgIpc) is 2.25. The van der Waals surface area contributed by atoms with Gasteiger partial charge in [-0.05, 0) is 24.3 Å². The maximum Gasteiger partial charge on any atom is 0.304 e. The highest BCUT2D eigenvalue weighted by Crippen LogP contribution is 2.31. The molecule has 0 atom stereocenters. The summed E-state index contributed by atoms with van der Waals surface area (Å²) in [5, 5.41) is 11.5. The summed E-state index contributed by atoms with van der Waals surface area (Å²) >= 11 is 0. The molecule has 82 valence electrons. The molecule has 0 aliphatic carbocycles. The monoisotopic (exact) mass is 243 g/mol. The minimum Gasteiger partial charge on any atom is -0.481 e. The first-order chi connectivity index (χ1) is 7.22. The first-order valence-electron chi connectivity index (χ1n) is 4.51. The summed E-state index contributed by atoms with van der Waals surface area (Å²) in [6.07, 6.45) is 0.215. The van der Waals surface area contributed by atoms with Gasteiger partial charge in [0.2, 0.25) is 0 Å². The molecule has 0 aliphatic heterocycles. The minimum absolute atomic E-state index is 0.215. The van der Waals surface area contributed by atoms with E-state index in [1.165, 1.54) is 0 Å². The standard InChI is InChI=1S/C10H13NO2S2/c1-11-8-2-4-9(5-3-8)15-14-7-6-10(12)13/h2-5,11H,6-7H2,1H3,(H,12,13). The molecule has 0 unspecified atom stereocenters. The van der Waals surface area contributed by atoms with Crippen molar-refractivity contribution in [3.8, 4) is 0 Å². The van der Waals surface area contributed by atoms with Gasteiger partial charge in [-0.1, -0.05) is 21.6 Å². The van der Waals surface area contributed by atoms with Gasteiger partial charge in [0, 0.05) is 23.4 Å². The van der Waals surface area contributed by atoms with E-state index in [1.807, 2.05) is 31.3 Å². The number of benzene rings is 1. The molecule has 15 heavy (non-hydrogen) atoms. The molecule has 0 spiro atoms. The van der Waals surface area contributed by atoms with Gasteiger partial charge in [0.1, 0.15) is 0 Å². The molecule has 0 aliphatic rings. The van der Waals surface area contributed by atoms with E-state index in [-0.39, 0.29) is 6.42 Å². The van der Waals surface area contributed by atoms with Crippen LogP contribution in [0.5, 0.6) is 0 Å². The third-order valence-corrected chi connectivity index (χ3v) is 4.08. The van der Waals surface area contributed by atoms with Crippen LogP contribution in [0.2, 0.25) is 0 Å². The first kappa shape index (κ1) is 12.3. The molecule has 3 nitrogen and oxygen atoms in total. The molecule has 0 fully saturated rings. The highest BCUT2D eigenvalue weighted by atomic mass is 33.1. The van der Waals surface area contributed by atoms with Crippen LogP contribution in [0, 0.1) is 0 Å². The summed E-state index contributed by atoms with van der Waals surface area (Å²) < 4.78 is 0. The number of nitrogens with one attached hydrogen (secondary N) is 1. The molecular formula is C10H13NO2S2. The summed E-state index contributed by atoms with van der Waals surface area (Å²) in [4.78, 5) is 11.4. The zero-order valence-electron chi connectivity index (χ0n) is 8.40. The van der Waals surface area contributed by atoms with Crippen LogP contribution < -0.4 is 5.32 Å². The zero-order valence-corrected chi connectivity index (χ0v) is 10.0. The van der Waals surface area contributed by atoms with Crippen molar-refractivity contribution in [2.45, 2.75) is 11.3 Å². The van der Waals surface area contributed by atoms with Crippen molar-refractivity contribution >= 4 is 33.2 Å². The lowest BCUT2D eigenvalue weighted by Crippen LogP contribution is -1.94. The van der Waals surface area contributed by atoms with Crippen LogP contribution in [-0.2, 0) is 4.79 Å². The molecule has 0 aromatic heterocycles. The van der Waals surface area contributed by atoms with Crippen LogP contribution in [0.3, 0.4) is 0 Å². The molecule has 0 radical (unpaired) electrons. The van der Waals surface area contributed by atoms with E-state index in [1.54, 1.807) is 21.6 Å². The first-order valence-corrected chi connectivity index (χ1v) is 6.83. The van der Waals surface area contributed by atoms with Gasteiger partial charge in [-0.3, -0.25) is 4.79 Å². The Morgan fingerprint density at radius 1 is 1.40 bits per heavy atom. The van der Waals surface area contributed by atoms with Crippen LogP contribution in [0.25, 0.3) is 0 Å². The Hall–Kier alpha value is -0.810. The second-order valence-electron chi connectivity index (χ2n) is 2.82. The van der Waals surface area contributed by atoms with Gasteiger partial charge in [0.05, 0.1) is 6.42 Å². The van der Waals surface area contributed by atoms with Crippen molar-refractivity contribution in [1.29, 1.82) is 0 Å². The Morgan fingerprint density at radius 2 is 2.07 bits per heavy atom. The number of hydrogen-bond donors (Lipinski definition) is 2. The highest BCUT2D eigenvalue weighted by Gasteiger charge is 1.98. The van der Waals surface area contributed by atoms with Crippen molar-refractivity contribution in [3.63, 3.8) is 0 Å². The van der Waals surface area contributed by atoms with E-state index >= 15 is 0 Å². The fourth-order valence-electron chi connectivity index (χ4n) is 0.916. The lowest BCUT2D eigenvalue weighted by Gasteiger charge is -2.02. The van der Waals surface area contributed by atoms with Crippen molar-refractivity contribution in [2.75, 3.05) is 18.1 Å². The molecule has 0 heterocycles.